The highest BCUT2D eigenvalue weighted by Crippen LogP contribution is 2.25. The number of hydrogen-bond acceptors (Lipinski definition) is 3. The van der Waals surface area contributed by atoms with Crippen LogP contribution in [-0.2, 0) is 42.6 Å². The van der Waals surface area contributed by atoms with Crippen molar-refractivity contribution in [1.82, 2.24) is 9.78 Å². The van der Waals surface area contributed by atoms with Crippen LogP contribution in [0.15, 0.2) is 78.9 Å². The van der Waals surface area contributed by atoms with Gasteiger partial charge in [0.15, 0.2) is 0 Å². The number of anilines is 1. The minimum Gasteiger partial charge on any atom is -0.481 e. The number of aliphatic carboxylic acids is 1. The van der Waals surface area contributed by atoms with Crippen LogP contribution in [0.1, 0.15) is 60.8 Å². The van der Waals surface area contributed by atoms with E-state index in [2.05, 4.69) is 85.4 Å². The van der Waals surface area contributed by atoms with Gasteiger partial charge in [-0.2, -0.15) is 5.10 Å². The van der Waals surface area contributed by atoms with Crippen LogP contribution in [0, 0.1) is 5.82 Å². The van der Waals surface area contributed by atoms with Crippen LogP contribution in [0.4, 0.5) is 10.1 Å². The Hall–Kier alpha value is -3.93. The summed E-state index contributed by atoms with van der Waals surface area (Å²) in [5, 5.41) is 17.0. The van der Waals surface area contributed by atoms with E-state index in [1.165, 1.54) is 22.9 Å². The van der Waals surface area contributed by atoms with E-state index in [1.54, 1.807) is 12.1 Å². The molecule has 0 bridgehead atoms. The molecule has 6 heteroatoms. The Morgan fingerprint density at radius 2 is 1.61 bits per heavy atom. The van der Waals surface area contributed by atoms with Gasteiger partial charge in [0.2, 0.25) is 0 Å². The second-order valence-corrected chi connectivity index (χ2v) is 10.8. The van der Waals surface area contributed by atoms with Crippen molar-refractivity contribution in [3.05, 3.63) is 118 Å². The molecule has 0 aliphatic heterocycles. The highest BCUT2D eigenvalue weighted by atomic mass is 19.1. The van der Waals surface area contributed by atoms with E-state index in [0.29, 0.717) is 24.3 Å². The molecule has 4 aromatic rings. The van der Waals surface area contributed by atoms with Gasteiger partial charge in [0.25, 0.3) is 0 Å². The second-order valence-electron chi connectivity index (χ2n) is 10.8. The van der Waals surface area contributed by atoms with Gasteiger partial charge in [-0.15, -0.1) is 0 Å². The number of rotatable bonds is 11. The maximum absolute atomic E-state index is 14.3. The zero-order valence-electron chi connectivity index (χ0n) is 22.4. The van der Waals surface area contributed by atoms with Crippen LogP contribution < -0.4 is 5.32 Å². The highest BCUT2D eigenvalue weighted by Gasteiger charge is 2.21. The van der Waals surface area contributed by atoms with E-state index in [4.69, 9.17) is 10.2 Å². The second kappa shape index (κ2) is 12.1. The lowest BCUT2D eigenvalue weighted by Crippen LogP contribution is -2.19. The fourth-order valence-electron chi connectivity index (χ4n) is 4.47. The lowest BCUT2D eigenvalue weighted by molar-refractivity contribution is -0.136. The Morgan fingerprint density at radius 3 is 2.26 bits per heavy atom. The van der Waals surface area contributed by atoms with Gasteiger partial charge in [0.1, 0.15) is 5.82 Å². The van der Waals surface area contributed by atoms with Crippen LogP contribution >= 0.6 is 0 Å². The molecular weight excluding hydrogens is 477 g/mol. The quantitative estimate of drug-likeness (QED) is 0.232. The molecule has 1 aromatic heterocycles. The standard InChI is InChI=1S/C32H36FN3O2/c1-32(2,3)30-20-28(16-13-23-7-5-4-6-8-23)35-36(30)22-25-11-9-24(10-12-25)21-34-27-17-14-26(29(33)19-27)15-18-31(37)38/h4-12,14,17,19-20,34H,13,15-16,18,21-22H2,1-3H3,(H,37,38). The number of carboxylic acid groups (broad SMARTS) is 1. The highest BCUT2D eigenvalue weighted by molar-refractivity contribution is 5.67. The smallest absolute Gasteiger partial charge is 0.303 e. The molecule has 0 fully saturated rings. The molecule has 3 aromatic carbocycles. The van der Waals surface area contributed by atoms with Crippen molar-refractivity contribution in [1.29, 1.82) is 0 Å². The average Bonchev–Trinajstić information content (AvgIpc) is 3.30. The van der Waals surface area contributed by atoms with Crippen molar-refractivity contribution in [3.8, 4) is 0 Å². The summed E-state index contributed by atoms with van der Waals surface area (Å²) in [5.74, 6) is -1.32. The summed E-state index contributed by atoms with van der Waals surface area (Å²) >= 11 is 0. The number of benzene rings is 3. The number of halogens is 1. The lowest BCUT2D eigenvalue weighted by Gasteiger charge is -2.20. The first-order valence-electron chi connectivity index (χ1n) is 13.1. The van der Waals surface area contributed by atoms with Gasteiger partial charge in [-0.05, 0) is 59.7 Å². The Kier molecular flexibility index (Phi) is 8.62. The van der Waals surface area contributed by atoms with Gasteiger partial charge in [-0.1, -0.05) is 81.4 Å². The summed E-state index contributed by atoms with van der Waals surface area (Å²) in [6, 6.07) is 26.0. The van der Waals surface area contributed by atoms with Crippen LogP contribution in [0.5, 0.6) is 0 Å². The Labute approximate surface area is 224 Å². The molecule has 0 radical (unpaired) electrons. The summed E-state index contributed by atoms with van der Waals surface area (Å²) in [6.45, 7) is 7.93. The lowest BCUT2D eigenvalue weighted by atomic mass is 9.91. The molecule has 0 aliphatic carbocycles. The van der Waals surface area contributed by atoms with Gasteiger partial charge in [-0.25, -0.2) is 4.39 Å². The van der Waals surface area contributed by atoms with Crippen molar-refractivity contribution < 1.29 is 14.3 Å². The van der Waals surface area contributed by atoms with Crippen molar-refractivity contribution >= 4 is 11.7 Å². The van der Waals surface area contributed by atoms with Gasteiger partial charge in [0.05, 0.1) is 12.2 Å². The largest absolute Gasteiger partial charge is 0.481 e. The Morgan fingerprint density at radius 1 is 0.895 bits per heavy atom. The third-order valence-corrected chi connectivity index (χ3v) is 6.62. The van der Waals surface area contributed by atoms with E-state index in [1.807, 2.05) is 6.07 Å². The molecule has 0 amide bonds. The first-order chi connectivity index (χ1) is 18.2. The molecule has 1 heterocycles. The summed E-state index contributed by atoms with van der Waals surface area (Å²) in [4.78, 5) is 10.7. The van der Waals surface area contributed by atoms with Crippen molar-refractivity contribution in [2.45, 2.75) is 65.0 Å². The van der Waals surface area contributed by atoms with Gasteiger partial charge in [0, 0.05) is 29.8 Å². The first kappa shape index (κ1) is 27.1. The van der Waals surface area contributed by atoms with Crippen molar-refractivity contribution in [2.75, 3.05) is 5.32 Å². The fraction of sp³-hybridized carbons (Fsp3) is 0.312. The number of carboxylic acids is 1. The Bertz CT molecular complexity index is 1360. The molecule has 0 unspecified atom stereocenters. The molecule has 5 nitrogen and oxygen atoms in total. The third kappa shape index (κ3) is 7.54. The molecule has 38 heavy (non-hydrogen) atoms. The molecule has 2 N–H and O–H groups in total. The summed E-state index contributed by atoms with van der Waals surface area (Å²) in [7, 11) is 0. The molecule has 0 spiro atoms. The van der Waals surface area contributed by atoms with E-state index in [0.717, 1.165) is 24.1 Å². The number of hydrogen-bond donors (Lipinski definition) is 2. The molecule has 0 saturated carbocycles. The summed E-state index contributed by atoms with van der Waals surface area (Å²) in [6.07, 6.45) is 1.98. The minimum atomic E-state index is -0.930. The molecular formula is C32H36FN3O2. The number of aryl methyl sites for hydroxylation is 3. The predicted molar refractivity (Wildman–Crippen MR) is 150 cm³/mol. The fourth-order valence-corrected chi connectivity index (χ4v) is 4.47. The van der Waals surface area contributed by atoms with Crippen LogP contribution in [-0.4, -0.2) is 20.9 Å². The maximum atomic E-state index is 14.3. The molecule has 4 rings (SSSR count). The van der Waals surface area contributed by atoms with E-state index < -0.39 is 5.97 Å². The Balaban J connectivity index is 1.37. The number of aromatic nitrogens is 2. The van der Waals surface area contributed by atoms with Gasteiger partial charge in [-0.3, -0.25) is 9.48 Å². The topological polar surface area (TPSA) is 67.2 Å². The normalized spacial score (nSPS) is 11.5. The SMILES string of the molecule is CC(C)(C)c1cc(CCc2ccccc2)nn1Cc1ccc(CNc2ccc(CCC(=O)O)c(F)c2)cc1. The first-order valence-corrected chi connectivity index (χ1v) is 13.1. The monoisotopic (exact) mass is 513 g/mol. The number of carbonyl (C=O) groups is 1. The van der Waals surface area contributed by atoms with Crippen LogP contribution in [0.25, 0.3) is 0 Å². The van der Waals surface area contributed by atoms with E-state index in [9.17, 15) is 9.18 Å². The molecule has 0 aliphatic rings. The number of nitrogens with zero attached hydrogens (tertiary/aromatic N) is 2. The third-order valence-electron chi connectivity index (χ3n) is 6.62. The zero-order chi connectivity index (χ0) is 27.1. The van der Waals surface area contributed by atoms with Gasteiger partial charge < -0.3 is 10.4 Å². The average molecular weight is 514 g/mol. The zero-order valence-corrected chi connectivity index (χ0v) is 22.4. The van der Waals surface area contributed by atoms with Crippen molar-refractivity contribution in [3.63, 3.8) is 0 Å². The van der Waals surface area contributed by atoms with Crippen LogP contribution in [0.2, 0.25) is 0 Å². The minimum absolute atomic E-state index is 0.0136. The predicted octanol–water partition coefficient (Wildman–Crippen LogP) is 6.78. The summed E-state index contributed by atoms with van der Waals surface area (Å²) < 4.78 is 16.4. The van der Waals surface area contributed by atoms with E-state index in [-0.39, 0.29) is 24.1 Å². The van der Waals surface area contributed by atoms with Crippen LogP contribution in [0.3, 0.4) is 0 Å². The van der Waals surface area contributed by atoms with Gasteiger partial charge >= 0.3 is 5.97 Å². The summed E-state index contributed by atoms with van der Waals surface area (Å²) in [5.41, 5.74) is 6.98. The molecule has 0 saturated heterocycles. The number of nitrogens with one attached hydrogen (secondary N) is 1. The maximum Gasteiger partial charge on any atom is 0.303 e. The van der Waals surface area contributed by atoms with Crippen molar-refractivity contribution in [2.24, 2.45) is 0 Å². The van der Waals surface area contributed by atoms with E-state index >= 15 is 0 Å². The molecule has 0 atom stereocenters. The molecule has 198 valence electrons.